The molecule has 2 saturated heterocycles. The van der Waals surface area contributed by atoms with Crippen LogP contribution in [0.4, 0.5) is 0 Å². The number of rotatable bonds is 6. The third-order valence-electron chi connectivity index (χ3n) is 4.39. The van der Waals surface area contributed by atoms with Crippen molar-refractivity contribution in [2.45, 2.75) is 6.54 Å². The van der Waals surface area contributed by atoms with Crippen LogP contribution in [0.1, 0.15) is 11.1 Å². The highest BCUT2D eigenvalue weighted by molar-refractivity contribution is 7.80. The first-order chi connectivity index (χ1) is 12.6. The fourth-order valence-corrected chi connectivity index (χ4v) is 3.31. The number of methoxy groups -OCH3 is 1. The summed E-state index contributed by atoms with van der Waals surface area (Å²) in [6.07, 6.45) is 3.47. The van der Waals surface area contributed by atoms with E-state index in [1.807, 2.05) is 18.2 Å². The molecular formula is C19H23N3O3S. The van der Waals surface area contributed by atoms with Crippen LogP contribution >= 0.6 is 12.2 Å². The Kier molecular flexibility index (Phi) is 6.03. The first-order valence-electron chi connectivity index (χ1n) is 8.55. The maximum absolute atomic E-state index is 12.4. The maximum atomic E-state index is 12.4. The largest absolute Gasteiger partial charge is 0.496 e. The lowest BCUT2D eigenvalue weighted by atomic mass is 10.1. The van der Waals surface area contributed by atoms with Crippen molar-refractivity contribution >= 4 is 29.3 Å². The van der Waals surface area contributed by atoms with E-state index < -0.39 is 0 Å². The predicted molar refractivity (Wildman–Crippen MR) is 105 cm³/mol. The summed E-state index contributed by atoms with van der Waals surface area (Å²) in [5.41, 5.74) is 2.48. The molecule has 2 heterocycles. The van der Waals surface area contributed by atoms with Crippen LogP contribution in [0, 0.1) is 0 Å². The number of nitrogens with zero attached hydrogens (tertiary/aromatic N) is 2. The minimum absolute atomic E-state index is 0.138. The van der Waals surface area contributed by atoms with Crippen molar-refractivity contribution in [3.63, 3.8) is 0 Å². The standard InChI is InChI=1S/C19H23N3O3S/c1-3-6-22-18(23)16(20-19(22)26)12-14-4-5-17(24-2)15(11-14)13-21-7-9-25-10-8-21/h3-5,11-12H,1,6-10,13H2,2H3,(H,20,26)/b16-12+. The monoisotopic (exact) mass is 373 g/mol. The normalized spacial score (nSPS) is 19.7. The number of morpholine rings is 1. The molecule has 1 aromatic carbocycles. The Hall–Kier alpha value is -2.22. The molecule has 0 radical (unpaired) electrons. The molecule has 0 atom stereocenters. The van der Waals surface area contributed by atoms with Crippen molar-refractivity contribution in [1.82, 2.24) is 15.1 Å². The highest BCUT2D eigenvalue weighted by Gasteiger charge is 2.29. The summed E-state index contributed by atoms with van der Waals surface area (Å²) in [4.78, 5) is 16.3. The summed E-state index contributed by atoms with van der Waals surface area (Å²) in [5.74, 6) is 0.702. The van der Waals surface area contributed by atoms with Crippen molar-refractivity contribution < 1.29 is 14.3 Å². The lowest BCUT2D eigenvalue weighted by Crippen LogP contribution is -2.35. The number of carbonyl (C=O) groups is 1. The van der Waals surface area contributed by atoms with Crippen LogP contribution in [0.5, 0.6) is 5.75 Å². The highest BCUT2D eigenvalue weighted by Crippen LogP contribution is 2.24. The van der Waals surface area contributed by atoms with Crippen LogP contribution in [-0.4, -0.2) is 60.8 Å². The number of ether oxygens (including phenoxy) is 2. The maximum Gasteiger partial charge on any atom is 0.276 e. The minimum Gasteiger partial charge on any atom is -0.496 e. The lowest BCUT2D eigenvalue weighted by Gasteiger charge is -2.27. The quantitative estimate of drug-likeness (QED) is 0.466. The van der Waals surface area contributed by atoms with Crippen molar-refractivity contribution in [2.75, 3.05) is 40.0 Å². The number of amides is 1. The summed E-state index contributed by atoms with van der Waals surface area (Å²) in [6, 6.07) is 5.92. The van der Waals surface area contributed by atoms with E-state index in [0.717, 1.165) is 49.7 Å². The average molecular weight is 373 g/mol. The Balaban J connectivity index is 1.82. The van der Waals surface area contributed by atoms with Gasteiger partial charge in [0.05, 0.1) is 20.3 Å². The topological polar surface area (TPSA) is 54.0 Å². The number of benzene rings is 1. The van der Waals surface area contributed by atoms with Crippen LogP contribution in [-0.2, 0) is 16.1 Å². The van der Waals surface area contributed by atoms with E-state index >= 15 is 0 Å². The predicted octanol–water partition coefficient (Wildman–Crippen LogP) is 1.77. The van der Waals surface area contributed by atoms with Crippen molar-refractivity contribution in [1.29, 1.82) is 0 Å². The van der Waals surface area contributed by atoms with Crippen LogP contribution < -0.4 is 10.1 Å². The summed E-state index contributed by atoms with van der Waals surface area (Å²) in [7, 11) is 1.67. The second-order valence-electron chi connectivity index (χ2n) is 6.15. The first-order valence-corrected chi connectivity index (χ1v) is 8.95. The van der Waals surface area contributed by atoms with Gasteiger partial charge in [-0.25, -0.2) is 0 Å². The molecule has 2 aliphatic heterocycles. The van der Waals surface area contributed by atoms with Crippen molar-refractivity contribution in [3.8, 4) is 5.75 Å². The summed E-state index contributed by atoms with van der Waals surface area (Å²) >= 11 is 5.22. The summed E-state index contributed by atoms with van der Waals surface area (Å²) in [5, 5.41) is 3.39. The van der Waals surface area contributed by atoms with Gasteiger partial charge in [-0.1, -0.05) is 12.1 Å². The van der Waals surface area contributed by atoms with Gasteiger partial charge in [0.15, 0.2) is 5.11 Å². The molecule has 0 unspecified atom stereocenters. The Morgan fingerprint density at radius 2 is 2.15 bits per heavy atom. The smallest absolute Gasteiger partial charge is 0.276 e. The van der Waals surface area contributed by atoms with E-state index in [1.165, 1.54) is 4.90 Å². The summed E-state index contributed by atoms with van der Waals surface area (Å²) < 4.78 is 10.9. The van der Waals surface area contributed by atoms with E-state index in [-0.39, 0.29) is 5.91 Å². The molecule has 0 saturated carbocycles. The molecule has 7 heteroatoms. The average Bonchev–Trinajstić information content (AvgIpc) is 2.91. The van der Waals surface area contributed by atoms with Gasteiger partial charge in [0.2, 0.25) is 0 Å². The van der Waals surface area contributed by atoms with Gasteiger partial charge in [0.1, 0.15) is 11.4 Å². The van der Waals surface area contributed by atoms with Crippen molar-refractivity contribution in [2.24, 2.45) is 0 Å². The molecule has 0 bridgehead atoms. The van der Waals surface area contributed by atoms with Gasteiger partial charge in [-0.15, -0.1) is 6.58 Å². The van der Waals surface area contributed by atoms with E-state index in [2.05, 4.69) is 22.9 Å². The molecule has 26 heavy (non-hydrogen) atoms. The Morgan fingerprint density at radius 3 is 2.85 bits per heavy atom. The molecule has 6 nitrogen and oxygen atoms in total. The lowest BCUT2D eigenvalue weighted by molar-refractivity contribution is -0.122. The third-order valence-corrected chi connectivity index (χ3v) is 4.71. The molecular weight excluding hydrogens is 350 g/mol. The number of hydrogen-bond donors (Lipinski definition) is 1. The van der Waals surface area contributed by atoms with Crippen LogP contribution in [0.25, 0.3) is 6.08 Å². The van der Waals surface area contributed by atoms with Gasteiger partial charge >= 0.3 is 0 Å². The van der Waals surface area contributed by atoms with Crippen LogP contribution in [0.3, 0.4) is 0 Å². The fourth-order valence-electron chi connectivity index (χ4n) is 3.05. The van der Waals surface area contributed by atoms with E-state index in [9.17, 15) is 4.79 Å². The molecule has 138 valence electrons. The zero-order valence-electron chi connectivity index (χ0n) is 14.9. The number of hydrogen-bond acceptors (Lipinski definition) is 5. The van der Waals surface area contributed by atoms with Gasteiger partial charge < -0.3 is 14.8 Å². The van der Waals surface area contributed by atoms with E-state index in [1.54, 1.807) is 13.2 Å². The molecule has 1 amide bonds. The Morgan fingerprint density at radius 1 is 1.38 bits per heavy atom. The van der Waals surface area contributed by atoms with Crippen LogP contribution in [0.15, 0.2) is 36.6 Å². The zero-order chi connectivity index (χ0) is 18.5. The molecule has 2 aliphatic rings. The Bertz CT molecular complexity index is 742. The molecule has 0 aromatic heterocycles. The second-order valence-corrected chi connectivity index (χ2v) is 6.54. The fraction of sp³-hybridized carbons (Fsp3) is 0.368. The SMILES string of the molecule is C=CCN1C(=O)/C(=C\c2ccc(OC)c(CN3CCOCC3)c2)NC1=S. The van der Waals surface area contributed by atoms with Gasteiger partial charge in [0, 0.05) is 31.7 Å². The van der Waals surface area contributed by atoms with Gasteiger partial charge in [0.25, 0.3) is 5.91 Å². The van der Waals surface area contributed by atoms with Crippen LogP contribution in [0.2, 0.25) is 0 Å². The van der Waals surface area contributed by atoms with Crippen molar-refractivity contribution in [3.05, 3.63) is 47.7 Å². The second kappa shape index (κ2) is 8.44. The Labute approximate surface area is 159 Å². The van der Waals surface area contributed by atoms with Gasteiger partial charge in [-0.3, -0.25) is 14.6 Å². The number of carbonyl (C=O) groups excluding carboxylic acids is 1. The van der Waals surface area contributed by atoms with Gasteiger partial charge in [-0.05, 0) is 36.0 Å². The molecule has 1 aromatic rings. The highest BCUT2D eigenvalue weighted by atomic mass is 32.1. The molecule has 0 spiro atoms. The van der Waals surface area contributed by atoms with Gasteiger partial charge in [-0.2, -0.15) is 0 Å². The minimum atomic E-state index is -0.138. The molecule has 3 rings (SSSR count). The number of thiocarbonyl (C=S) groups is 1. The zero-order valence-corrected chi connectivity index (χ0v) is 15.7. The molecule has 1 N–H and O–H groups in total. The van der Waals surface area contributed by atoms with E-state index in [4.69, 9.17) is 21.7 Å². The first kappa shape index (κ1) is 18.6. The molecule has 0 aliphatic carbocycles. The van der Waals surface area contributed by atoms with E-state index in [0.29, 0.717) is 17.4 Å². The molecule has 2 fully saturated rings. The summed E-state index contributed by atoms with van der Waals surface area (Å²) in [6.45, 7) is 8.15. The third kappa shape index (κ3) is 4.12. The number of nitrogens with one attached hydrogen (secondary N) is 1.